The summed E-state index contributed by atoms with van der Waals surface area (Å²) in [5.41, 5.74) is 0.939. The number of nitrogens with zero attached hydrogens (tertiary/aromatic N) is 2. The fourth-order valence-electron chi connectivity index (χ4n) is 2.43. The second-order valence-corrected chi connectivity index (χ2v) is 5.50. The molecule has 1 aliphatic carbocycles. The third-order valence-electron chi connectivity index (χ3n) is 3.36. The number of rotatable bonds is 4. The van der Waals surface area contributed by atoms with Crippen molar-refractivity contribution in [3.63, 3.8) is 0 Å². The van der Waals surface area contributed by atoms with E-state index in [4.69, 9.17) is 4.74 Å². The van der Waals surface area contributed by atoms with E-state index in [0.717, 1.165) is 5.69 Å². The van der Waals surface area contributed by atoms with Gasteiger partial charge in [-0.05, 0) is 39.5 Å². The molecule has 1 N–H and O–H groups in total. The molecule has 4 heteroatoms. The van der Waals surface area contributed by atoms with Crippen LogP contribution < -0.4 is 10.1 Å². The third kappa shape index (κ3) is 3.34. The normalized spacial score (nSPS) is 23.4. The van der Waals surface area contributed by atoms with Crippen molar-refractivity contribution >= 4 is 5.95 Å². The first-order valence-corrected chi connectivity index (χ1v) is 6.83. The van der Waals surface area contributed by atoms with Crippen molar-refractivity contribution in [3.05, 3.63) is 11.8 Å². The topological polar surface area (TPSA) is 47.0 Å². The van der Waals surface area contributed by atoms with E-state index in [9.17, 15) is 0 Å². The molecule has 18 heavy (non-hydrogen) atoms. The Morgan fingerprint density at radius 1 is 1.33 bits per heavy atom. The van der Waals surface area contributed by atoms with E-state index in [1.54, 1.807) is 0 Å². The molecule has 2 atom stereocenters. The van der Waals surface area contributed by atoms with E-state index in [1.807, 2.05) is 26.8 Å². The first kappa shape index (κ1) is 13.1. The van der Waals surface area contributed by atoms with Gasteiger partial charge in [-0.1, -0.05) is 13.3 Å². The first-order valence-electron chi connectivity index (χ1n) is 6.83. The lowest BCUT2D eigenvalue weighted by molar-refractivity contribution is 0.232. The Hall–Kier alpha value is -1.32. The molecule has 0 spiro atoms. The van der Waals surface area contributed by atoms with Gasteiger partial charge in [0.25, 0.3) is 0 Å². The van der Waals surface area contributed by atoms with Gasteiger partial charge in [0, 0.05) is 17.8 Å². The lowest BCUT2D eigenvalue weighted by atomic mass is 10.1. The Kier molecular flexibility index (Phi) is 4.04. The zero-order valence-electron chi connectivity index (χ0n) is 11.7. The molecular formula is C14H23N3O. The lowest BCUT2D eigenvalue weighted by Gasteiger charge is -2.18. The van der Waals surface area contributed by atoms with Crippen molar-refractivity contribution in [2.24, 2.45) is 5.92 Å². The summed E-state index contributed by atoms with van der Waals surface area (Å²) in [6.07, 6.45) is 3.93. The minimum absolute atomic E-state index is 0.137. The van der Waals surface area contributed by atoms with Crippen LogP contribution in [-0.2, 0) is 0 Å². The summed E-state index contributed by atoms with van der Waals surface area (Å²) in [5.74, 6) is 2.05. The Labute approximate surface area is 109 Å². The quantitative estimate of drug-likeness (QED) is 0.890. The Morgan fingerprint density at radius 3 is 2.72 bits per heavy atom. The molecule has 0 aromatic carbocycles. The zero-order chi connectivity index (χ0) is 13.1. The number of ether oxygens (including phenoxy) is 1. The SMILES string of the molecule is Cc1cc(OC(C)C)nc(NC2CCCC2C)n1. The van der Waals surface area contributed by atoms with Gasteiger partial charge in [-0.25, -0.2) is 4.98 Å². The Morgan fingerprint density at radius 2 is 2.11 bits per heavy atom. The minimum atomic E-state index is 0.137. The van der Waals surface area contributed by atoms with Gasteiger partial charge in [-0.3, -0.25) is 0 Å². The van der Waals surface area contributed by atoms with Gasteiger partial charge in [0.15, 0.2) is 0 Å². The average molecular weight is 249 g/mol. The van der Waals surface area contributed by atoms with Crippen LogP contribution >= 0.6 is 0 Å². The van der Waals surface area contributed by atoms with Crippen molar-refractivity contribution in [1.82, 2.24) is 9.97 Å². The highest BCUT2D eigenvalue weighted by molar-refractivity contribution is 5.32. The predicted octanol–water partition coefficient (Wildman–Crippen LogP) is 3.17. The van der Waals surface area contributed by atoms with Gasteiger partial charge in [0.05, 0.1) is 6.10 Å². The lowest BCUT2D eigenvalue weighted by Crippen LogP contribution is -2.23. The number of hydrogen-bond donors (Lipinski definition) is 1. The second-order valence-electron chi connectivity index (χ2n) is 5.50. The van der Waals surface area contributed by atoms with Crippen molar-refractivity contribution < 1.29 is 4.74 Å². The summed E-state index contributed by atoms with van der Waals surface area (Å²) in [6.45, 7) is 8.26. The molecular weight excluding hydrogens is 226 g/mol. The molecule has 0 aliphatic heterocycles. The highest BCUT2D eigenvalue weighted by Crippen LogP contribution is 2.27. The van der Waals surface area contributed by atoms with Crippen LogP contribution in [0.2, 0.25) is 0 Å². The molecule has 1 heterocycles. The molecule has 1 aliphatic rings. The minimum Gasteiger partial charge on any atom is -0.475 e. The molecule has 100 valence electrons. The molecule has 1 aromatic heterocycles. The van der Waals surface area contributed by atoms with Crippen LogP contribution in [0, 0.1) is 12.8 Å². The molecule has 1 saturated carbocycles. The summed E-state index contributed by atoms with van der Waals surface area (Å²) in [7, 11) is 0. The molecule has 4 nitrogen and oxygen atoms in total. The zero-order valence-corrected chi connectivity index (χ0v) is 11.7. The average Bonchev–Trinajstić information content (AvgIpc) is 2.62. The summed E-state index contributed by atoms with van der Waals surface area (Å²) in [5, 5.41) is 3.44. The van der Waals surface area contributed by atoms with Crippen LogP contribution in [0.4, 0.5) is 5.95 Å². The third-order valence-corrected chi connectivity index (χ3v) is 3.36. The highest BCUT2D eigenvalue weighted by Gasteiger charge is 2.24. The van der Waals surface area contributed by atoms with Gasteiger partial charge < -0.3 is 10.1 Å². The number of aryl methyl sites for hydroxylation is 1. The molecule has 2 unspecified atom stereocenters. The van der Waals surface area contributed by atoms with E-state index in [-0.39, 0.29) is 6.10 Å². The second kappa shape index (κ2) is 5.55. The van der Waals surface area contributed by atoms with Crippen molar-refractivity contribution in [2.75, 3.05) is 5.32 Å². The highest BCUT2D eigenvalue weighted by atomic mass is 16.5. The van der Waals surface area contributed by atoms with E-state index >= 15 is 0 Å². The molecule has 0 radical (unpaired) electrons. The molecule has 1 fully saturated rings. The Bertz CT molecular complexity index is 406. The van der Waals surface area contributed by atoms with E-state index < -0.39 is 0 Å². The standard InChI is InChI=1S/C14H23N3O/c1-9(2)18-13-8-11(4)15-14(17-13)16-12-7-5-6-10(12)3/h8-10,12H,5-7H2,1-4H3,(H,15,16,17). The maximum Gasteiger partial charge on any atom is 0.226 e. The number of anilines is 1. The summed E-state index contributed by atoms with van der Waals surface area (Å²) in [4.78, 5) is 8.86. The smallest absolute Gasteiger partial charge is 0.226 e. The Balaban J connectivity index is 2.09. The molecule has 0 saturated heterocycles. The largest absolute Gasteiger partial charge is 0.475 e. The van der Waals surface area contributed by atoms with Gasteiger partial charge in [0.2, 0.25) is 11.8 Å². The predicted molar refractivity (Wildman–Crippen MR) is 73.0 cm³/mol. The first-order chi connectivity index (χ1) is 8.54. The fraction of sp³-hybridized carbons (Fsp3) is 0.714. The van der Waals surface area contributed by atoms with E-state index in [2.05, 4.69) is 22.2 Å². The van der Waals surface area contributed by atoms with Crippen LogP contribution in [0.3, 0.4) is 0 Å². The maximum atomic E-state index is 5.64. The van der Waals surface area contributed by atoms with Crippen LogP contribution in [-0.4, -0.2) is 22.1 Å². The number of hydrogen-bond acceptors (Lipinski definition) is 4. The maximum absolute atomic E-state index is 5.64. The van der Waals surface area contributed by atoms with Crippen LogP contribution in [0.5, 0.6) is 5.88 Å². The van der Waals surface area contributed by atoms with E-state index in [1.165, 1.54) is 19.3 Å². The number of aromatic nitrogens is 2. The van der Waals surface area contributed by atoms with Crippen LogP contribution in [0.25, 0.3) is 0 Å². The van der Waals surface area contributed by atoms with Gasteiger partial charge in [-0.15, -0.1) is 0 Å². The molecule has 1 aromatic rings. The molecule has 0 bridgehead atoms. The fourth-order valence-corrected chi connectivity index (χ4v) is 2.43. The van der Waals surface area contributed by atoms with Gasteiger partial charge >= 0.3 is 0 Å². The van der Waals surface area contributed by atoms with Crippen LogP contribution in [0.1, 0.15) is 45.7 Å². The number of nitrogens with one attached hydrogen (secondary N) is 1. The van der Waals surface area contributed by atoms with Gasteiger partial charge in [-0.2, -0.15) is 4.98 Å². The molecule has 2 rings (SSSR count). The molecule has 0 amide bonds. The van der Waals surface area contributed by atoms with Crippen molar-refractivity contribution in [1.29, 1.82) is 0 Å². The summed E-state index contributed by atoms with van der Waals surface area (Å²) in [6, 6.07) is 2.38. The van der Waals surface area contributed by atoms with Gasteiger partial charge in [0.1, 0.15) is 0 Å². The van der Waals surface area contributed by atoms with E-state index in [0.29, 0.717) is 23.8 Å². The monoisotopic (exact) mass is 249 g/mol. The van der Waals surface area contributed by atoms with Crippen LogP contribution in [0.15, 0.2) is 6.07 Å². The summed E-state index contributed by atoms with van der Waals surface area (Å²) >= 11 is 0. The van der Waals surface area contributed by atoms with Crippen molar-refractivity contribution in [2.45, 2.75) is 59.1 Å². The van der Waals surface area contributed by atoms with Crippen molar-refractivity contribution in [3.8, 4) is 5.88 Å². The summed E-state index contributed by atoms with van der Waals surface area (Å²) < 4.78 is 5.64.